The lowest BCUT2D eigenvalue weighted by Crippen LogP contribution is -2.13. The third-order valence-corrected chi connectivity index (χ3v) is 6.43. The van der Waals surface area contributed by atoms with Crippen LogP contribution in [0.5, 0.6) is 0 Å². The minimum Gasteiger partial charge on any atom is -0.324 e. The molecule has 146 valence electrons. The number of rotatable bonds is 6. The molecule has 1 atom stereocenters. The molecule has 1 fully saturated rings. The lowest BCUT2D eigenvalue weighted by molar-refractivity contribution is 0.321. The highest BCUT2D eigenvalue weighted by molar-refractivity contribution is 5.18. The first-order valence-electron chi connectivity index (χ1n) is 11.2. The normalized spacial score (nSPS) is 22.9. The molecule has 2 aromatic carbocycles. The molecule has 1 aliphatic rings. The standard InChI is InChI=1S/C26H37N/c27-26(25-17-5-2-6-18-25)20-19-22-11-7-9-15-24(16-10-8-12-22)21-23-13-3-1-4-14-23/h1-6,13-14,17-18,22,24,26H,7-12,15-16,19-21,27H2. The Morgan fingerprint density at radius 3 is 1.81 bits per heavy atom. The Kier molecular flexibility index (Phi) is 8.42. The average Bonchev–Trinajstić information content (AvgIpc) is 2.72. The lowest BCUT2D eigenvalue weighted by Gasteiger charge is -2.23. The molecule has 2 aromatic rings. The van der Waals surface area contributed by atoms with E-state index in [-0.39, 0.29) is 6.04 Å². The van der Waals surface area contributed by atoms with Crippen LogP contribution >= 0.6 is 0 Å². The van der Waals surface area contributed by atoms with E-state index in [0.29, 0.717) is 0 Å². The van der Waals surface area contributed by atoms with E-state index in [1.807, 2.05) is 0 Å². The van der Waals surface area contributed by atoms with Crippen LogP contribution in [0.2, 0.25) is 0 Å². The van der Waals surface area contributed by atoms with Crippen molar-refractivity contribution in [3.63, 3.8) is 0 Å². The fourth-order valence-corrected chi connectivity index (χ4v) is 4.74. The number of nitrogens with two attached hydrogens (primary N) is 1. The van der Waals surface area contributed by atoms with E-state index in [2.05, 4.69) is 60.7 Å². The summed E-state index contributed by atoms with van der Waals surface area (Å²) >= 11 is 0. The quantitative estimate of drug-likeness (QED) is 0.583. The van der Waals surface area contributed by atoms with Crippen LogP contribution in [0.25, 0.3) is 0 Å². The van der Waals surface area contributed by atoms with E-state index in [0.717, 1.165) is 18.3 Å². The summed E-state index contributed by atoms with van der Waals surface area (Å²) < 4.78 is 0. The lowest BCUT2D eigenvalue weighted by atomic mass is 9.83. The molecule has 1 unspecified atom stereocenters. The fourth-order valence-electron chi connectivity index (χ4n) is 4.74. The van der Waals surface area contributed by atoms with Crippen LogP contribution in [0.15, 0.2) is 60.7 Å². The number of hydrogen-bond acceptors (Lipinski definition) is 1. The first-order chi connectivity index (χ1) is 13.3. The van der Waals surface area contributed by atoms with Crippen molar-refractivity contribution in [1.82, 2.24) is 0 Å². The van der Waals surface area contributed by atoms with Crippen LogP contribution in [0, 0.1) is 11.8 Å². The molecule has 0 aromatic heterocycles. The number of benzene rings is 2. The zero-order chi connectivity index (χ0) is 18.7. The minimum absolute atomic E-state index is 0.205. The molecule has 1 aliphatic carbocycles. The summed E-state index contributed by atoms with van der Waals surface area (Å²) in [6.07, 6.45) is 14.9. The van der Waals surface area contributed by atoms with Crippen molar-refractivity contribution in [1.29, 1.82) is 0 Å². The van der Waals surface area contributed by atoms with Crippen LogP contribution < -0.4 is 5.73 Å². The molecular formula is C26H37N. The van der Waals surface area contributed by atoms with Gasteiger partial charge in [0, 0.05) is 6.04 Å². The van der Waals surface area contributed by atoms with Gasteiger partial charge >= 0.3 is 0 Å². The van der Waals surface area contributed by atoms with Gasteiger partial charge in [-0.25, -0.2) is 0 Å². The largest absolute Gasteiger partial charge is 0.324 e. The van der Waals surface area contributed by atoms with Crippen LogP contribution in [0.3, 0.4) is 0 Å². The summed E-state index contributed by atoms with van der Waals surface area (Å²) in [4.78, 5) is 0. The maximum atomic E-state index is 6.43. The van der Waals surface area contributed by atoms with Crippen molar-refractivity contribution in [3.05, 3.63) is 71.8 Å². The molecular weight excluding hydrogens is 326 g/mol. The minimum atomic E-state index is 0.205. The summed E-state index contributed by atoms with van der Waals surface area (Å²) in [5.74, 6) is 1.76. The third-order valence-electron chi connectivity index (χ3n) is 6.43. The van der Waals surface area contributed by atoms with Crippen molar-refractivity contribution in [2.24, 2.45) is 17.6 Å². The van der Waals surface area contributed by atoms with Crippen molar-refractivity contribution in [2.75, 3.05) is 0 Å². The summed E-state index contributed by atoms with van der Waals surface area (Å²) in [6.45, 7) is 0. The molecule has 1 saturated carbocycles. The van der Waals surface area contributed by atoms with Gasteiger partial charge in [0.1, 0.15) is 0 Å². The van der Waals surface area contributed by atoms with E-state index in [4.69, 9.17) is 5.73 Å². The van der Waals surface area contributed by atoms with Gasteiger partial charge in [0.2, 0.25) is 0 Å². The van der Waals surface area contributed by atoms with E-state index >= 15 is 0 Å². The van der Waals surface area contributed by atoms with E-state index in [1.165, 1.54) is 75.3 Å². The molecule has 0 aliphatic heterocycles. The summed E-state index contributed by atoms with van der Waals surface area (Å²) in [5, 5.41) is 0. The van der Waals surface area contributed by atoms with Crippen LogP contribution in [-0.4, -0.2) is 0 Å². The van der Waals surface area contributed by atoms with Gasteiger partial charge in [0.15, 0.2) is 0 Å². The molecule has 0 bridgehead atoms. The first kappa shape index (κ1) is 20.1. The molecule has 0 spiro atoms. The Bertz CT molecular complexity index is 609. The average molecular weight is 364 g/mol. The van der Waals surface area contributed by atoms with Crippen LogP contribution in [0.1, 0.15) is 81.4 Å². The molecule has 0 amide bonds. The molecule has 1 heteroatoms. The van der Waals surface area contributed by atoms with Crippen LogP contribution in [0.4, 0.5) is 0 Å². The summed E-state index contributed by atoms with van der Waals surface area (Å²) in [6, 6.07) is 21.9. The predicted octanol–water partition coefficient (Wildman–Crippen LogP) is 7.08. The second-order valence-corrected chi connectivity index (χ2v) is 8.59. The van der Waals surface area contributed by atoms with Crippen molar-refractivity contribution < 1.29 is 0 Å². The van der Waals surface area contributed by atoms with E-state index < -0.39 is 0 Å². The Hall–Kier alpha value is -1.60. The topological polar surface area (TPSA) is 26.0 Å². The van der Waals surface area contributed by atoms with E-state index in [9.17, 15) is 0 Å². The van der Waals surface area contributed by atoms with Crippen molar-refractivity contribution >= 4 is 0 Å². The third kappa shape index (κ3) is 7.14. The highest BCUT2D eigenvalue weighted by atomic mass is 14.6. The zero-order valence-corrected chi connectivity index (χ0v) is 16.9. The van der Waals surface area contributed by atoms with E-state index in [1.54, 1.807) is 0 Å². The number of hydrogen-bond donors (Lipinski definition) is 1. The summed E-state index contributed by atoms with van der Waals surface area (Å²) in [7, 11) is 0. The maximum absolute atomic E-state index is 6.43. The Morgan fingerprint density at radius 2 is 1.22 bits per heavy atom. The first-order valence-corrected chi connectivity index (χ1v) is 11.2. The molecule has 0 heterocycles. The fraction of sp³-hybridized carbons (Fsp3) is 0.538. The Morgan fingerprint density at radius 1 is 0.704 bits per heavy atom. The molecule has 27 heavy (non-hydrogen) atoms. The second kappa shape index (κ2) is 11.3. The Labute approximate surface area is 166 Å². The molecule has 3 rings (SSSR count). The monoisotopic (exact) mass is 363 g/mol. The molecule has 0 radical (unpaired) electrons. The van der Waals surface area contributed by atoms with Gasteiger partial charge < -0.3 is 5.73 Å². The van der Waals surface area contributed by atoms with Gasteiger partial charge in [-0.05, 0) is 42.2 Å². The van der Waals surface area contributed by atoms with Gasteiger partial charge in [-0.1, -0.05) is 112 Å². The summed E-state index contributed by atoms with van der Waals surface area (Å²) in [5.41, 5.74) is 9.24. The molecule has 0 saturated heterocycles. The maximum Gasteiger partial charge on any atom is 0.0294 e. The SMILES string of the molecule is NC(CCC1CCCCC(Cc2ccccc2)CCCC1)c1ccccc1. The van der Waals surface area contributed by atoms with Gasteiger partial charge in [-0.15, -0.1) is 0 Å². The Balaban J connectivity index is 1.41. The van der Waals surface area contributed by atoms with Crippen molar-refractivity contribution in [2.45, 2.75) is 76.7 Å². The smallest absolute Gasteiger partial charge is 0.0294 e. The van der Waals surface area contributed by atoms with Crippen LogP contribution in [-0.2, 0) is 6.42 Å². The second-order valence-electron chi connectivity index (χ2n) is 8.59. The molecule has 1 nitrogen and oxygen atoms in total. The van der Waals surface area contributed by atoms with Gasteiger partial charge in [-0.3, -0.25) is 0 Å². The highest BCUT2D eigenvalue weighted by Gasteiger charge is 2.16. The zero-order valence-electron chi connectivity index (χ0n) is 16.9. The predicted molar refractivity (Wildman–Crippen MR) is 117 cm³/mol. The highest BCUT2D eigenvalue weighted by Crippen LogP contribution is 2.30. The van der Waals surface area contributed by atoms with Crippen molar-refractivity contribution in [3.8, 4) is 0 Å². The van der Waals surface area contributed by atoms with Gasteiger partial charge in [-0.2, -0.15) is 0 Å². The molecule has 2 N–H and O–H groups in total. The van der Waals surface area contributed by atoms with Gasteiger partial charge in [0.25, 0.3) is 0 Å². The van der Waals surface area contributed by atoms with Gasteiger partial charge in [0.05, 0.1) is 0 Å².